The number of nitrogens with one attached hydrogen (secondary N) is 1. The highest BCUT2D eigenvalue weighted by molar-refractivity contribution is 7.13. The average Bonchev–Trinajstić information content (AvgIpc) is 3.23. The molecule has 24 heavy (non-hydrogen) atoms. The Morgan fingerprint density at radius 2 is 2.29 bits per heavy atom. The fourth-order valence-electron chi connectivity index (χ4n) is 3.32. The van der Waals surface area contributed by atoms with Crippen LogP contribution in [-0.4, -0.2) is 21.7 Å². The zero-order valence-electron chi connectivity index (χ0n) is 13.9. The van der Waals surface area contributed by atoms with Gasteiger partial charge in [-0.15, -0.1) is 16.4 Å². The zero-order valence-corrected chi connectivity index (χ0v) is 14.7. The molecule has 2 aromatic heterocycles. The van der Waals surface area contributed by atoms with E-state index in [9.17, 15) is 9.59 Å². The van der Waals surface area contributed by atoms with Crippen molar-refractivity contribution in [2.75, 3.05) is 0 Å². The van der Waals surface area contributed by atoms with Crippen LogP contribution < -0.4 is 11.1 Å². The van der Waals surface area contributed by atoms with Crippen molar-refractivity contribution >= 4 is 17.2 Å². The van der Waals surface area contributed by atoms with E-state index in [0.717, 1.165) is 17.7 Å². The van der Waals surface area contributed by atoms with Crippen molar-refractivity contribution in [3.63, 3.8) is 0 Å². The molecule has 0 unspecified atom stereocenters. The predicted octanol–water partition coefficient (Wildman–Crippen LogP) is 3.04. The van der Waals surface area contributed by atoms with Gasteiger partial charge in [-0.05, 0) is 30.2 Å². The van der Waals surface area contributed by atoms with Gasteiger partial charge in [-0.1, -0.05) is 32.3 Å². The minimum Gasteiger partial charge on any atom is -0.387 e. The van der Waals surface area contributed by atoms with Crippen LogP contribution in [0.15, 0.2) is 26.7 Å². The van der Waals surface area contributed by atoms with E-state index >= 15 is 0 Å². The van der Waals surface area contributed by atoms with E-state index in [2.05, 4.69) is 17.3 Å². The van der Waals surface area contributed by atoms with Crippen molar-refractivity contribution in [1.29, 1.82) is 0 Å². The average molecular weight is 349 g/mol. The van der Waals surface area contributed by atoms with Crippen molar-refractivity contribution in [1.82, 2.24) is 15.1 Å². The van der Waals surface area contributed by atoms with Gasteiger partial charge in [0.15, 0.2) is 0 Å². The first kappa shape index (κ1) is 17.0. The summed E-state index contributed by atoms with van der Waals surface area (Å²) in [5.41, 5.74) is 0. The number of nitrogens with zero attached hydrogens (tertiary/aromatic N) is 2. The van der Waals surface area contributed by atoms with Crippen LogP contribution in [0.1, 0.15) is 45.4 Å². The molecule has 0 spiro atoms. The van der Waals surface area contributed by atoms with Gasteiger partial charge >= 0.3 is 5.76 Å². The zero-order chi connectivity index (χ0) is 16.9. The van der Waals surface area contributed by atoms with Gasteiger partial charge in [-0.3, -0.25) is 4.79 Å². The van der Waals surface area contributed by atoms with Crippen LogP contribution in [0, 0.1) is 5.92 Å². The second-order valence-corrected chi connectivity index (χ2v) is 7.20. The van der Waals surface area contributed by atoms with Crippen molar-refractivity contribution in [3.8, 4) is 10.8 Å². The molecule has 3 rings (SSSR count). The van der Waals surface area contributed by atoms with Gasteiger partial charge in [0.1, 0.15) is 0 Å². The molecule has 2 aromatic rings. The van der Waals surface area contributed by atoms with Gasteiger partial charge in [-0.25, -0.2) is 4.79 Å². The number of thiophene rings is 1. The summed E-state index contributed by atoms with van der Waals surface area (Å²) in [6.07, 6.45) is 6.01. The number of rotatable bonds is 6. The number of aryl methyl sites for hydroxylation is 1. The van der Waals surface area contributed by atoms with Crippen LogP contribution in [0.25, 0.3) is 10.8 Å². The number of amides is 1. The topological polar surface area (TPSA) is 77.1 Å². The van der Waals surface area contributed by atoms with E-state index in [0.29, 0.717) is 11.8 Å². The van der Waals surface area contributed by atoms with E-state index in [1.807, 2.05) is 17.5 Å². The minimum absolute atomic E-state index is 0.0204. The second kappa shape index (κ2) is 7.79. The summed E-state index contributed by atoms with van der Waals surface area (Å²) in [7, 11) is 0. The molecule has 1 fully saturated rings. The molecule has 1 saturated carbocycles. The highest BCUT2D eigenvalue weighted by Crippen LogP contribution is 2.26. The molecule has 0 radical (unpaired) electrons. The summed E-state index contributed by atoms with van der Waals surface area (Å²) in [5, 5.41) is 9.20. The van der Waals surface area contributed by atoms with Crippen molar-refractivity contribution in [2.45, 2.75) is 58.0 Å². The van der Waals surface area contributed by atoms with Crippen LogP contribution in [-0.2, 0) is 11.3 Å². The molecule has 7 heteroatoms. The third-order valence-electron chi connectivity index (χ3n) is 4.67. The quantitative estimate of drug-likeness (QED) is 0.869. The van der Waals surface area contributed by atoms with E-state index in [4.69, 9.17) is 4.42 Å². The third-order valence-corrected chi connectivity index (χ3v) is 5.53. The fourth-order valence-corrected chi connectivity index (χ4v) is 3.96. The number of aromatic nitrogens is 2. The molecule has 1 aliphatic carbocycles. The van der Waals surface area contributed by atoms with Gasteiger partial charge < -0.3 is 9.73 Å². The largest absolute Gasteiger partial charge is 0.437 e. The van der Waals surface area contributed by atoms with Crippen LogP contribution >= 0.6 is 11.3 Å². The maximum Gasteiger partial charge on any atom is 0.437 e. The first-order chi connectivity index (χ1) is 11.7. The predicted molar refractivity (Wildman–Crippen MR) is 92.9 cm³/mol. The van der Waals surface area contributed by atoms with Crippen molar-refractivity contribution in [3.05, 3.63) is 28.1 Å². The smallest absolute Gasteiger partial charge is 0.387 e. The first-order valence-electron chi connectivity index (χ1n) is 8.58. The SMILES string of the molecule is CC[C@@H]1CCCC[C@@H]1NC(=O)CCn1nc(-c2cccs2)oc1=O. The molecule has 0 bridgehead atoms. The summed E-state index contributed by atoms with van der Waals surface area (Å²) in [5.74, 6) is 0.347. The number of hydrogen-bond donors (Lipinski definition) is 1. The van der Waals surface area contributed by atoms with E-state index in [-0.39, 0.29) is 24.9 Å². The number of carbonyl (C=O) groups is 1. The van der Waals surface area contributed by atoms with E-state index in [1.54, 1.807) is 0 Å². The summed E-state index contributed by atoms with van der Waals surface area (Å²) >= 11 is 1.46. The Balaban J connectivity index is 1.55. The van der Waals surface area contributed by atoms with Gasteiger partial charge in [0.05, 0.1) is 11.4 Å². The van der Waals surface area contributed by atoms with Gasteiger partial charge in [0.2, 0.25) is 5.91 Å². The lowest BCUT2D eigenvalue weighted by Gasteiger charge is -2.31. The summed E-state index contributed by atoms with van der Waals surface area (Å²) in [6.45, 7) is 2.42. The molecule has 2 heterocycles. The Kier molecular flexibility index (Phi) is 5.50. The van der Waals surface area contributed by atoms with E-state index in [1.165, 1.54) is 35.3 Å². The van der Waals surface area contributed by atoms with Crippen LogP contribution in [0.5, 0.6) is 0 Å². The highest BCUT2D eigenvalue weighted by atomic mass is 32.1. The molecule has 0 aliphatic heterocycles. The maximum absolute atomic E-state index is 12.2. The Morgan fingerprint density at radius 3 is 3.04 bits per heavy atom. The molecule has 2 atom stereocenters. The Bertz CT molecular complexity index is 720. The van der Waals surface area contributed by atoms with Crippen LogP contribution in [0.4, 0.5) is 0 Å². The molecule has 1 aliphatic rings. The van der Waals surface area contributed by atoms with Gasteiger partial charge in [0.25, 0.3) is 5.89 Å². The van der Waals surface area contributed by atoms with Crippen molar-refractivity contribution < 1.29 is 9.21 Å². The Labute approximate surface area is 144 Å². The maximum atomic E-state index is 12.2. The normalized spacial score (nSPS) is 20.9. The van der Waals surface area contributed by atoms with Crippen LogP contribution in [0.2, 0.25) is 0 Å². The van der Waals surface area contributed by atoms with Crippen molar-refractivity contribution in [2.24, 2.45) is 5.92 Å². The molecule has 1 N–H and O–H groups in total. The fraction of sp³-hybridized carbons (Fsp3) is 0.588. The molecule has 0 saturated heterocycles. The van der Waals surface area contributed by atoms with Gasteiger partial charge in [-0.2, -0.15) is 4.68 Å². The molecule has 130 valence electrons. The Hall–Kier alpha value is -1.89. The minimum atomic E-state index is -0.518. The lowest BCUT2D eigenvalue weighted by atomic mass is 9.83. The third kappa shape index (κ3) is 3.95. The van der Waals surface area contributed by atoms with Crippen LogP contribution in [0.3, 0.4) is 0 Å². The summed E-state index contributed by atoms with van der Waals surface area (Å²) in [6, 6.07) is 3.99. The molecule has 0 aromatic carbocycles. The number of carbonyl (C=O) groups excluding carboxylic acids is 1. The second-order valence-electron chi connectivity index (χ2n) is 6.25. The Morgan fingerprint density at radius 1 is 1.46 bits per heavy atom. The number of hydrogen-bond acceptors (Lipinski definition) is 5. The van der Waals surface area contributed by atoms with Gasteiger partial charge in [0, 0.05) is 12.5 Å². The van der Waals surface area contributed by atoms with E-state index < -0.39 is 5.76 Å². The standard InChI is InChI=1S/C17H23N3O3S/c1-2-12-6-3-4-7-13(12)18-15(21)9-10-20-17(22)23-16(19-20)14-8-5-11-24-14/h5,8,11-13H,2-4,6-7,9-10H2,1H3,(H,18,21)/t12-,13+/m1/s1. The summed E-state index contributed by atoms with van der Waals surface area (Å²) < 4.78 is 6.38. The molecule has 6 nitrogen and oxygen atoms in total. The first-order valence-corrected chi connectivity index (χ1v) is 9.46. The monoisotopic (exact) mass is 349 g/mol. The lowest BCUT2D eigenvalue weighted by Crippen LogP contribution is -2.42. The molecule has 1 amide bonds. The highest BCUT2D eigenvalue weighted by Gasteiger charge is 2.25. The summed E-state index contributed by atoms with van der Waals surface area (Å²) in [4.78, 5) is 24.9. The molecular formula is C17H23N3O3S. The lowest BCUT2D eigenvalue weighted by molar-refractivity contribution is -0.122. The molecular weight excluding hydrogens is 326 g/mol.